The third kappa shape index (κ3) is 3.62. The molecule has 2 heterocycles. The van der Waals surface area contributed by atoms with E-state index in [-0.39, 0.29) is 17.9 Å². The van der Waals surface area contributed by atoms with Gasteiger partial charge in [-0.2, -0.15) is 4.98 Å². The predicted octanol–water partition coefficient (Wildman–Crippen LogP) is 3.50. The van der Waals surface area contributed by atoms with Crippen LogP contribution in [0.15, 0.2) is 67.0 Å². The molecule has 0 aliphatic carbocycles. The number of nitrogens with one attached hydrogen (secondary N) is 1. The number of anilines is 1. The first kappa shape index (κ1) is 18.5. The van der Waals surface area contributed by atoms with Crippen LogP contribution >= 0.6 is 0 Å². The van der Waals surface area contributed by atoms with Crippen molar-refractivity contribution in [2.75, 3.05) is 12.8 Å². The zero-order chi connectivity index (χ0) is 20.4. The maximum Gasteiger partial charge on any atom is 0.252 e. The van der Waals surface area contributed by atoms with E-state index in [1.807, 2.05) is 66.2 Å². The van der Waals surface area contributed by atoms with Crippen molar-refractivity contribution in [2.24, 2.45) is 0 Å². The number of ether oxygens (including phenoxy) is 1. The lowest BCUT2D eigenvalue weighted by Crippen LogP contribution is -2.26. The molecule has 0 spiro atoms. The lowest BCUT2D eigenvalue weighted by molar-refractivity contribution is 0.0941. The summed E-state index contributed by atoms with van der Waals surface area (Å²) in [5.74, 6) is 1.46. The maximum absolute atomic E-state index is 13.0. The van der Waals surface area contributed by atoms with Gasteiger partial charge in [-0.05, 0) is 48.9 Å². The fourth-order valence-electron chi connectivity index (χ4n) is 3.33. The highest BCUT2D eigenvalue weighted by atomic mass is 16.5. The summed E-state index contributed by atoms with van der Waals surface area (Å²) in [6, 6.07) is 16.8. The van der Waals surface area contributed by atoms with Gasteiger partial charge < -0.3 is 20.4 Å². The van der Waals surface area contributed by atoms with Crippen LogP contribution in [0.2, 0.25) is 0 Å². The molecule has 4 aromatic rings. The van der Waals surface area contributed by atoms with Crippen LogP contribution in [0, 0.1) is 0 Å². The molecule has 0 fully saturated rings. The lowest BCUT2D eigenvalue weighted by Gasteiger charge is -2.16. The molecule has 1 atom stereocenters. The summed E-state index contributed by atoms with van der Waals surface area (Å²) < 4.78 is 7.16. The molecule has 0 radical (unpaired) electrons. The zero-order valence-electron chi connectivity index (χ0n) is 16.2. The van der Waals surface area contributed by atoms with Crippen molar-refractivity contribution >= 4 is 22.8 Å². The Morgan fingerprint density at radius 3 is 2.79 bits per heavy atom. The lowest BCUT2D eigenvalue weighted by atomic mass is 10.1. The first-order valence-electron chi connectivity index (χ1n) is 9.20. The monoisotopic (exact) mass is 387 g/mol. The number of nitrogen functional groups attached to an aromatic ring is 1. The normalized spacial score (nSPS) is 11.9. The number of hydrogen-bond donors (Lipinski definition) is 2. The molecule has 4 rings (SSSR count). The summed E-state index contributed by atoms with van der Waals surface area (Å²) in [7, 11) is 1.62. The number of carbonyl (C=O) groups excluding carboxylic acids is 1. The molecule has 0 aliphatic rings. The van der Waals surface area contributed by atoms with Crippen molar-refractivity contribution < 1.29 is 9.53 Å². The topological polar surface area (TPSA) is 95.1 Å². The third-order valence-corrected chi connectivity index (χ3v) is 4.83. The Morgan fingerprint density at radius 1 is 1.17 bits per heavy atom. The molecule has 7 nitrogen and oxygen atoms in total. The van der Waals surface area contributed by atoms with Crippen LogP contribution in [0.25, 0.3) is 16.7 Å². The van der Waals surface area contributed by atoms with Gasteiger partial charge in [-0.25, -0.2) is 4.98 Å². The van der Waals surface area contributed by atoms with Gasteiger partial charge in [0.05, 0.1) is 18.7 Å². The van der Waals surface area contributed by atoms with E-state index in [4.69, 9.17) is 10.5 Å². The minimum absolute atomic E-state index is 0.147. The first-order chi connectivity index (χ1) is 14.1. The second-order valence-electron chi connectivity index (χ2n) is 6.67. The molecule has 29 heavy (non-hydrogen) atoms. The summed E-state index contributed by atoms with van der Waals surface area (Å²) in [5.41, 5.74) is 8.14. The van der Waals surface area contributed by atoms with Crippen molar-refractivity contribution in [3.63, 3.8) is 0 Å². The van der Waals surface area contributed by atoms with Crippen molar-refractivity contribution in [1.29, 1.82) is 0 Å². The maximum atomic E-state index is 13.0. The first-order valence-corrected chi connectivity index (χ1v) is 9.20. The summed E-state index contributed by atoms with van der Waals surface area (Å²) in [6.07, 6.45) is 3.48. The number of methoxy groups -OCH3 is 1. The summed E-state index contributed by atoms with van der Waals surface area (Å²) >= 11 is 0. The summed E-state index contributed by atoms with van der Waals surface area (Å²) in [6.45, 7) is 1.95. The smallest absolute Gasteiger partial charge is 0.252 e. The second kappa shape index (κ2) is 7.63. The Labute approximate surface area is 168 Å². The van der Waals surface area contributed by atoms with Gasteiger partial charge in [0.15, 0.2) is 0 Å². The van der Waals surface area contributed by atoms with E-state index in [0.29, 0.717) is 11.4 Å². The van der Waals surface area contributed by atoms with E-state index in [1.54, 1.807) is 19.4 Å². The number of carbonyl (C=O) groups is 1. The molecule has 1 amide bonds. The van der Waals surface area contributed by atoms with Crippen molar-refractivity contribution in [3.05, 3.63) is 78.1 Å². The van der Waals surface area contributed by atoms with Crippen LogP contribution in [-0.2, 0) is 0 Å². The van der Waals surface area contributed by atoms with E-state index in [0.717, 1.165) is 22.2 Å². The average molecular weight is 387 g/mol. The largest absolute Gasteiger partial charge is 0.497 e. The summed E-state index contributed by atoms with van der Waals surface area (Å²) in [4.78, 5) is 21.2. The summed E-state index contributed by atoms with van der Waals surface area (Å²) in [5, 5.41) is 3.90. The van der Waals surface area contributed by atoms with Gasteiger partial charge >= 0.3 is 0 Å². The van der Waals surface area contributed by atoms with Gasteiger partial charge in [0.1, 0.15) is 11.6 Å². The van der Waals surface area contributed by atoms with E-state index in [9.17, 15) is 4.79 Å². The SMILES string of the molecule is COc1cccc([C@@H](C)NC(=O)c2cccc3c2ccn3-c2ccnc(N)n2)c1. The number of hydrogen-bond acceptors (Lipinski definition) is 5. The second-order valence-corrected chi connectivity index (χ2v) is 6.67. The minimum atomic E-state index is -0.170. The van der Waals surface area contributed by atoms with E-state index in [1.165, 1.54) is 0 Å². The van der Waals surface area contributed by atoms with E-state index in [2.05, 4.69) is 15.3 Å². The van der Waals surface area contributed by atoms with E-state index >= 15 is 0 Å². The Bertz CT molecular complexity index is 1180. The molecule has 2 aromatic carbocycles. The number of amides is 1. The van der Waals surface area contributed by atoms with Gasteiger partial charge in [-0.1, -0.05) is 18.2 Å². The Hall–Kier alpha value is -3.87. The van der Waals surface area contributed by atoms with Gasteiger partial charge in [0.25, 0.3) is 5.91 Å². The highest BCUT2D eigenvalue weighted by Crippen LogP contribution is 2.24. The Morgan fingerprint density at radius 2 is 2.00 bits per heavy atom. The molecule has 0 saturated heterocycles. The predicted molar refractivity (Wildman–Crippen MR) is 112 cm³/mol. The standard InChI is InChI=1S/C22H21N5O2/c1-14(15-5-3-6-16(13-15)29-2)25-21(28)18-7-4-8-19-17(18)10-12-27(19)20-9-11-24-22(23)26-20/h3-14H,1-2H3,(H,25,28)(H2,23,24,26)/t14-/m1/s1. The molecule has 2 aromatic heterocycles. The number of benzene rings is 2. The molecule has 0 unspecified atom stereocenters. The fourth-order valence-corrected chi connectivity index (χ4v) is 3.33. The highest BCUT2D eigenvalue weighted by Gasteiger charge is 2.16. The fraction of sp³-hybridized carbons (Fsp3) is 0.136. The van der Waals surface area contributed by atoms with Crippen LogP contribution in [0.3, 0.4) is 0 Å². The van der Waals surface area contributed by atoms with Gasteiger partial charge in [0.2, 0.25) is 5.95 Å². The van der Waals surface area contributed by atoms with Gasteiger partial charge in [0, 0.05) is 23.3 Å². The van der Waals surface area contributed by atoms with Crippen LogP contribution in [0.5, 0.6) is 5.75 Å². The number of rotatable bonds is 5. The average Bonchev–Trinajstić information content (AvgIpc) is 3.18. The van der Waals surface area contributed by atoms with Crippen LogP contribution in [0.4, 0.5) is 5.95 Å². The molecule has 0 aliphatic heterocycles. The van der Waals surface area contributed by atoms with Gasteiger partial charge in [-0.3, -0.25) is 4.79 Å². The number of nitrogens with zero attached hydrogens (tertiary/aromatic N) is 3. The Balaban J connectivity index is 1.64. The highest BCUT2D eigenvalue weighted by molar-refractivity contribution is 6.07. The number of aromatic nitrogens is 3. The van der Waals surface area contributed by atoms with Crippen LogP contribution in [-0.4, -0.2) is 27.6 Å². The van der Waals surface area contributed by atoms with E-state index < -0.39 is 0 Å². The molecule has 3 N–H and O–H groups in total. The zero-order valence-corrected chi connectivity index (χ0v) is 16.2. The molecule has 0 bridgehead atoms. The van der Waals surface area contributed by atoms with Crippen molar-refractivity contribution in [3.8, 4) is 11.6 Å². The van der Waals surface area contributed by atoms with Crippen molar-refractivity contribution in [1.82, 2.24) is 19.9 Å². The third-order valence-electron chi connectivity index (χ3n) is 4.83. The number of fused-ring (bicyclic) bond motifs is 1. The van der Waals surface area contributed by atoms with Crippen LogP contribution < -0.4 is 15.8 Å². The molecular weight excluding hydrogens is 366 g/mol. The Kier molecular flexibility index (Phi) is 4.87. The minimum Gasteiger partial charge on any atom is -0.497 e. The van der Waals surface area contributed by atoms with Gasteiger partial charge in [-0.15, -0.1) is 0 Å². The van der Waals surface area contributed by atoms with Crippen molar-refractivity contribution in [2.45, 2.75) is 13.0 Å². The molecule has 146 valence electrons. The molecule has 7 heteroatoms. The quantitative estimate of drug-likeness (QED) is 0.546. The molecule has 0 saturated carbocycles. The van der Waals surface area contributed by atoms with Crippen LogP contribution in [0.1, 0.15) is 28.9 Å². The molecular formula is C22H21N5O2. The number of nitrogens with two attached hydrogens (primary N) is 1.